The average molecular weight is 291 g/mol. The lowest BCUT2D eigenvalue weighted by molar-refractivity contribution is -0.151. The number of benzene rings is 1. The van der Waals surface area contributed by atoms with E-state index in [-0.39, 0.29) is 17.5 Å². The summed E-state index contributed by atoms with van der Waals surface area (Å²) in [4.78, 5) is 35.1. The zero-order chi connectivity index (χ0) is 15.2. The number of amides is 4. The molecule has 1 aromatic carbocycles. The Morgan fingerprint density at radius 2 is 2.10 bits per heavy atom. The van der Waals surface area contributed by atoms with Gasteiger partial charge in [-0.25, -0.2) is 9.18 Å². The summed E-state index contributed by atoms with van der Waals surface area (Å²) in [5.41, 5.74) is -0.272. The van der Waals surface area contributed by atoms with E-state index in [2.05, 4.69) is 16.0 Å². The van der Waals surface area contributed by atoms with Gasteiger partial charge in [0.15, 0.2) is 0 Å². The predicted molar refractivity (Wildman–Crippen MR) is 71.9 cm³/mol. The van der Waals surface area contributed by atoms with Gasteiger partial charge >= 0.3 is 6.03 Å². The second-order valence-corrected chi connectivity index (χ2v) is 5.57. The number of carbonyl (C=O) groups excluding carboxylic acids is 3. The molecule has 1 aromatic rings. The first-order chi connectivity index (χ1) is 9.89. The first-order valence-corrected chi connectivity index (χ1v) is 6.60. The molecule has 0 aromatic heterocycles. The Labute approximate surface area is 120 Å². The molecule has 3 aliphatic rings. The molecule has 0 unspecified atom stereocenters. The van der Waals surface area contributed by atoms with E-state index in [1.165, 1.54) is 12.1 Å². The summed E-state index contributed by atoms with van der Waals surface area (Å²) in [6.45, 7) is 1.74. The van der Waals surface area contributed by atoms with E-state index in [9.17, 15) is 18.8 Å². The van der Waals surface area contributed by atoms with Gasteiger partial charge in [0.05, 0.1) is 5.69 Å². The van der Waals surface area contributed by atoms with Gasteiger partial charge in [0.2, 0.25) is 5.91 Å². The monoisotopic (exact) mass is 291 g/mol. The van der Waals surface area contributed by atoms with Crippen molar-refractivity contribution in [2.45, 2.75) is 25.3 Å². The van der Waals surface area contributed by atoms with Gasteiger partial charge < -0.3 is 10.6 Å². The Morgan fingerprint density at radius 1 is 1.38 bits per heavy atom. The van der Waals surface area contributed by atoms with E-state index < -0.39 is 23.3 Å². The third kappa shape index (κ3) is 2.24. The fraction of sp³-hybridized carbons (Fsp3) is 0.357. The number of piperidine rings is 2. The van der Waals surface area contributed by atoms with Crippen molar-refractivity contribution < 1.29 is 18.8 Å². The standard InChI is InChI=1S/C14H14FN3O3/c1-7-2-3-10(9(15)4-7)16-13(21)18-14-5-8(6-14)11(19)17-12(14)20/h2-4,8H,5-6H2,1H3,(H2,16,18,21)(H,17,19,20). The first kappa shape index (κ1) is 13.5. The van der Waals surface area contributed by atoms with Crippen LogP contribution in [0.3, 0.4) is 0 Å². The lowest BCUT2D eigenvalue weighted by Gasteiger charge is -2.49. The van der Waals surface area contributed by atoms with Crippen LogP contribution in [-0.2, 0) is 9.59 Å². The SMILES string of the molecule is Cc1ccc(NC(=O)NC23CC(C2)C(=O)NC3=O)c(F)c1. The Morgan fingerprint density at radius 3 is 2.71 bits per heavy atom. The molecule has 1 aliphatic carbocycles. The molecule has 0 spiro atoms. The van der Waals surface area contributed by atoms with Gasteiger partial charge in [-0.2, -0.15) is 0 Å². The van der Waals surface area contributed by atoms with E-state index in [1.807, 2.05) is 0 Å². The quantitative estimate of drug-likeness (QED) is 0.712. The average Bonchev–Trinajstić information content (AvgIpc) is 2.34. The van der Waals surface area contributed by atoms with E-state index in [0.29, 0.717) is 12.8 Å². The molecule has 4 amide bonds. The lowest BCUT2D eigenvalue weighted by Crippen LogP contribution is -2.73. The number of fused-ring (bicyclic) bond motifs is 2. The molecule has 4 rings (SSSR count). The smallest absolute Gasteiger partial charge is 0.320 e. The molecule has 7 heteroatoms. The maximum Gasteiger partial charge on any atom is 0.320 e. The van der Waals surface area contributed by atoms with Gasteiger partial charge in [0.25, 0.3) is 5.91 Å². The number of urea groups is 1. The minimum absolute atomic E-state index is 0.0395. The molecular weight excluding hydrogens is 277 g/mol. The van der Waals surface area contributed by atoms with Crippen molar-refractivity contribution >= 4 is 23.5 Å². The molecule has 110 valence electrons. The zero-order valence-corrected chi connectivity index (χ0v) is 11.3. The Kier molecular flexibility index (Phi) is 2.93. The summed E-state index contributed by atoms with van der Waals surface area (Å²) < 4.78 is 13.7. The molecule has 1 saturated carbocycles. The number of carbonyl (C=O) groups is 3. The van der Waals surface area contributed by atoms with Crippen LogP contribution in [0.5, 0.6) is 0 Å². The molecule has 2 saturated heterocycles. The lowest BCUT2D eigenvalue weighted by atomic mass is 9.64. The summed E-state index contributed by atoms with van der Waals surface area (Å²) >= 11 is 0. The molecule has 3 N–H and O–H groups in total. The van der Waals surface area contributed by atoms with Crippen LogP contribution in [0.4, 0.5) is 14.9 Å². The van der Waals surface area contributed by atoms with Crippen molar-refractivity contribution in [1.82, 2.24) is 10.6 Å². The van der Waals surface area contributed by atoms with Crippen molar-refractivity contribution in [2.24, 2.45) is 5.92 Å². The number of anilines is 1. The molecule has 0 radical (unpaired) electrons. The Bertz CT molecular complexity index is 653. The molecule has 3 fully saturated rings. The van der Waals surface area contributed by atoms with Crippen LogP contribution in [0, 0.1) is 18.7 Å². The first-order valence-electron chi connectivity index (χ1n) is 6.60. The third-order valence-corrected chi connectivity index (χ3v) is 3.96. The summed E-state index contributed by atoms with van der Waals surface area (Å²) in [6.07, 6.45) is 0.586. The molecular formula is C14H14FN3O3. The zero-order valence-electron chi connectivity index (χ0n) is 11.3. The fourth-order valence-electron chi connectivity index (χ4n) is 2.74. The normalized spacial score (nSPS) is 26.7. The van der Waals surface area contributed by atoms with E-state index in [4.69, 9.17) is 0 Å². The predicted octanol–water partition coefficient (Wildman–Crippen LogP) is 1.06. The van der Waals surface area contributed by atoms with Crippen molar-refractivity contribution in [1.29, 1.82) is 0 Å². The number of hydrogen-bond donors (Lipinski definition) is 3. The molecule has 2 heterocycles. The summed E-state index contributed by atoms with van der Waals surface area (Å²) in [7, 11) is 0. The third-order valence-electron chi connectivity index (χ3n) is 3.96. The number of nitrogens with one attached hydrogen (secondary N) is 3. The second-order valence-electron chi connectivity index (χ2n) is 5.57. The Hall–Kier alpha value is -2.44. The molecule has 0 atom stereocenters. The van der Waals surface area contributed by atoms with E-state index in [1.54, 1.807) is 13.0 Å². The van der Waals surface area contributed by atoms with Gasteiger partial charge in [-0.3, -0.25) is 14.9 Å². The van der Waals surface area contributed by atoms with Crippen LogP contribution in [0.15, 0.2) is 18.2 Å². The van der Waals surface area contributed by atoms with Gasteiger partial charge in [-0.05, 0) is 37.5 Å². The molecule has 2 bridgehead atoms. The van der Waals surface area contributed by atoms with Crippen LogP contribution >= 0.6 is 0 Å². The maximum atomic E-state index is 13.7. The van der Waals surface area contributed by atoms with Crippen molar-refractivity contribution in [2.75, 3.05) is 5.32 Å². The van der Waals surface area contributed by atoms with E-state index in [0.717, 1.165) is 5.56 Å². The summed E-state index contributed by atoms with van der Waals surface area (Å²) in [6, 6.07) is 3.76. The largest absolute Gasteiger partial charge is 0.323 e. The number of halogens is 1. The molecule has 21 heavy (non-hydrogen) atoms. The highest BCUT2D eigenvalue weighted by Crippen LogP contribution is 2.41. The topological polar surface area (TPSA) is 87.3 Å². The van der Waals surface area contributed by atoms with E-state index >= 15 is 0 Å². The van der Waals surface area contributed by atoms with Crippen molar-refractivity contribution in [3.05, 3.63) is 29.6 Å². The Balaban J connectivity index is 1.68. The maximum absolute atomic E-state index is 13.7. The highest BCUT2D eigenvalue weighted by atomic mass is 19.1. The number of imide groups is 1. The minimum Gasteiger partial charge on any atom is -0.323 e. The molecule has 2 aliphatic heterocycles. The van der Waals surface area contributed by atoms with Crippen LogP contribution in [0.25, 0.3) is 0 Å². The molecule has 6 nitrogen and oxygen atoms in total. The second kappa shape index (κ2) is 4.54. The van der Waals surface area contributed by atoms with Gasteiger partial charge in [-0.1, -0.05) is 6.07 Å². The highest BCUT2D eigenvalue weighted by molar-refractivity contribution is 6.09. The van der Waals surface area contributed by atoms with Gasteiger partial charge in [0, 0.05) is 5.92 Å². The van der Waals surface area contributed by atoms with Crippen LogP contribution in [0.1, 0.15) is 18.4 Å². The number of aryl methyl sites for hydroxylation is 1. The number of hydrogen-bond acceptors (Lipinski definition) is 3. The summed E-state index contributed by atoms with van der Waals surface area (Å²) in [5, 5.41) is 7.13. The van der Waals surface area contributed by atoms with Crippen LogP contribution in [0.2, 0.25) is 0 Å². The van der Waals surface area contributed by atoms with Crippen LogP contribution in [-0.4, -0.2) is 23.4 Å². The fourth-order valence-corrected chi connectivity index (χ4v) is 2.74. The van der Waals surface area contributed by atoms with Crippen molar-refractivity contribution in [3.63, 3.8) is 0 Å². The minimum atomic E-state index is -1.05. The van der Waals surface area contributed by atoms with Gasteiger partial charge in [-0.15, -0.1) is 0 Å². The van der Waals surface area contributed by atoms with Crippen molar-refractivity contribution in [3.8, 4) is 0 Å². The van der Waals surface area contributed by atoms with Gasteiger partial charge in [0.1, 0.15) is 11.4 Å². The van der Waals surface area contributed by atoms with Crippen LogP contribution < -0.4 is 16.0 Å². The highest BCUT2D eigenvalue weighted by Gasteiger charge is 2.58. The number of rotatable bonds is 2. The summed E-state index contributed by atoms with van der Waals surface area (Å²) in [5.74, 6) is -1.58.